The van der Waals surface area contributed by atoms with Gasteiger partial charge in [0, 0.05) is 18.8 Å². The molecule has 8 heteroatoms. The molecule has 0 amide bonds. The molecule has 1 aliphatic heterocycles. The molecule has 1 aliphatic rings. The minimum Gasteiger partial charge on any atom is -0.493 e. The van der Waals surface area contributed by atoms with Gasteiger partial charge >= 0.3 is 0 Å². The third-order valence-corrected chi connectivity index (χ3v) is 5.23. The van der Waals surface area contributed by atoms with Crippen LogP contribution in [0.1, 0.15) is 22.7 Å². The Kier molecular flexibility index (Phi) is 4.89. The molecule has 7 nitrogen and oxygen atoms in total. The van der Waals surface area contributed by atoms with Crippen molar-refractivity contribution in [1.29, 1.82) is 5.26 Å². The van der Waals surface area contributed by atoms with Crippen LogP contribution in [-0.4, -0.2) is 18.8 Å². The number of nitrogens with zero attached hydrogens (tertiary/aromatic N) is 2. The highest BCUT2D eigenvalue weighted by atomic mass is 79.9. The predicted molar refractivity (Wildman–Crippen MR) is 103 cm³/mol. The van der Waals surface area contributed by atoms with Gasteiger partial charge in [0.15, 0.2) is 11.5 Å². The average Bonchev–Trinajstić information content (AvgIpc) is 2.64. The monoisotopic (exact) mass is 431 g/mol. The van der Waals surface area contributed by atoms with Crippen molar-refractivity contribution in [2.24, 2.45) is 12.8 Å². The molecule has 0 fully saturated rings. The van der Waals surface area contributed by atoms with Crippen molar-refractivity contribution in [1.82, 2.24) is 4.57 Å². The van der Waals surface area contributed by atoms with Gasteiger partial charge in [-0.3, -0.25) is 4.79 Å². The number of hydrogen-bond acceptors (Lipinski definition) is 6. The first-order chi connectivity index (χ1) is 12.8. The molecule has 0 bridgehead atoms. The number of methoxy groups -OCH3 is 2. The summed E-state index contributed by atoms with van der Waals surface area (Å²) in [6, 6.07) is 7.33. The Bertz CT molecular complexity index is 1070. The third kappa shape index (κ3) is 2.94. The zero-order valence-corrected chi connectivity index (χ0v) is 16.9. The molecule has 0 aliphatic carbocycles. The van der Waals surface area contributed by atoms with E-state index in [0.29, 0.717) is 32.8 Å². The van der Waals surface area contributed by atoms with Gasteiger partial charge in [0.05, 0.1) is 30.2 Å². The highest BCUT2D eigenvalue weighted by molar-refractivity contribution is 9.10. The van der Waals surface area contributed by atoms with E-state index in [1.807, 2.05) is 0 Å². The van der Waals surface area contributed by atoms with E-state index in [2.05, 4.69) is 22.0 Å². The van der Waals surface area contributed by atoms with Crippen LogP contribution in [0.4, 0.5) is 0 Å². The van der Waals surface area contributed by atoms with E-state index in [9.17, 15) is 10.1 Å². The quantitative estimate of drug-likeness (QED) is 0.801. The Morgan fingerprint density at radius 1 is 1.30 bits per heavy atom. The van der Waals surface area contributed by atoms with E-state index in [1.165, 1.54) is 18.8 Å². The molecule has 2 heterocycles. The van der Waals surface area contributed by atoms with Crippen LogP contribution in [-0.2, 0) is 7.05 Å². The summed E-state index contributed by atoms with van der Waals surface area (Å²) in [5.41, 5.74) is 7.65. The number of pyridine rings is 1. The van der Waals surface area contributed by atoms with E-state index in [1.54, 1.807) is 32.2 Å². The molecule has 0 saturated carbocycles. The van der Waals surface area contributed by atoms with Gasteiger partial charge in [-0.05, 0) is 40.5 Å². The topological polar surface area (TPSA) is 99.5 Å². The molecular weight excluding hydrogens is 414 g/mol. The van der Waals surface area contributed by atoms with Crippen LogP contribution in [0.3, 0.4) is 0 Å². The fourth-order valence-electron chi connectivity index (χ4n) is 3.18. The van der Waals surface area contributed by atoms with Crippen molar-refractivity contribution in [3.63, 3.8) is 0 Å². The summed E-state index contributed by atoms with van der Waals surface area (Å²) < 4.78 is 18.5. The molecule has 27 heavy (non-hydrogen) atoms. The standard InChI is InChI=1S/C19H18BrN3O4/c1-9-5-13-16(19(24)23(9)2)15(11(8-21)18(22)27-13)10-6-12(20)17(26-4)14(7-10)25-3/h5-7,15H,22H2,1-4H3/t15-/m1/s1. The Labute approximate surface area is 164 Å². The van der Waals surface area contributed by atoms with Crippen LogP contribution in [0, 0.1) is 18.3 Å². The second-order valence-corrected chi connectivity index (χ2v) is 6.95. The Morgan fingerprint density at radius 2 is 2.00 bits per heavy atom. The Hall–Kier alpha value is -2.92. The summed E-state index contributed by atoms with van der Waals surface area (Å²) in [6.07, 6.45) is 0. The fraction of sp³-hybridized carbons (Fsp3) is 0.263. The number of hydrogen-bond donors (Lipinski definition) is 1. The largest absolute Gasteiger partial charge is 0.493 e. The number of aromatic nitrogens is 1. The van der Waals surface area contributed by atoms with E-state index in [-0.39, 0.29) is 17.0 Å². The van der Waals surface area contributed by atoms with Gasteiger partial charge in [0.25, 0.3) is 5.56 Å². The zero-order chi connectivity index (χ0) is 19.9. The lowest BCUT2D eigenvalue weighted by Crippen LogP contribution is -2.31. The van der Waals surface area contributed by atoms with Gasteiger partial charge in [-0.15, -0.1) is 0 Å². The lowest BCUT2D eigenvalue weighted by Gasteiger charge is -2.27. The van der Waals surface area contributed by atoms with Gasteiger partial charge in [-0.1, -0.05) is 0 Å². The number of fused-ring (bicyclic) bond motifs is 1. The van der Waals surface area contributed by atoms with E-state index >= 15 is 0 Å². The predicted octanol–water partition coefficient (Wildman–Crippen LogP) is 2.69. The molecule has 140 valence electrons. The number of nitrogens with two attached hydrogens (primary N) is 1. The Morgan fingerprint density at radius 3 is 2.59 bits per heavy atom. The van der Waals surface area contributed by atoms with Crippen LogP contribution in [0.15, 0.2) is 38.9 Å². The van der Waals surface area contributed by atoms with Crippen molar-refractivity contribution in [3.8, 4) is 23.3 Å². The summed E-state index contributed by atoms with van der Waals surface area (Å²) in [5, 5.41) is 9.69. The average molecular weight is 432 g/mol. The van der Waals surface area contributed by atoms with Crippen LogP contribution < -0.4 is 25.5 Å². The van der Waals surface area contributed by atoms with Gasteiger partial charge in [-0.25, -0.2) is 0 Å². The molecule has 0 unspecified atom stereocenters. The summed E-state index contributed by atoms with van der Waals surface area (Å²) in [5.74, 6) is 0.626. The van der Waals surface area contributed by atoms with Crippen molar-refractivity contribution >= 4 is 15.9 Å². The molecule has 1 atom stereocenters. The molecule has 0 spiro atoms. The van der Waals surface area contributed by atoms with Gasteiger partial charge in [0.1, 0.15) is 17.4 Å². The minimum atomic E-state index is -0.686. The maximum atomic E-state index is 13.0. The van der Waals surface area contributed by atoms with Crippen LogP contribution in [0.2, 0.25) is 0 Å². The highest BCUT2D eigenvalue weighted by Gasteiger charge is 2.35. The van der Waals surface area contributed by atoms with Gasteiger partial charge in [0.2, 0.25) is 5.88 Å². The minimum absolute atomic E-state index is 0.0199. The number of allylic oxidation sites excluding steroid dienone is 1. The molecule has 2 aromatic rings. The number of ether oxygens (including phenoxy) is 3. The normalized spacial score (nSPS) is 15.6. The van der Waals surface area contributed by atoms with Gasteiger partial charge < -0.3 is 24.5 Å². The van der Waals surface area contributed by atoms with E-state index in [4.69, 9.17) is 19.9 Å². The molecule has 2 N–H and O–H groups in total. The smallest absolute Gasteiger partial charge is 0.258 e. The lowest BCUT2D eigenvalue weighted by molar-refractivity contribution is 0.352. The molecule has 0 radical (unpaired) electrons. The third-order valence-electron chi connectivity index (χ3n) is 4.64. The molecule has 1 aromatic heterocycles. The molecule has 0 saturated heterocycles. The number of nitriles is 1. The first-order valence-corrected chi connectivity index (χ1v) is 8.82. The lowest BCUT2D eigenvalue weighted by atomic mass is 9.84. The maximum absolute atomic E-state index is 13.0. The van der Waals surface area contributed by atoms with Crippen molar-refractivity contribution < 1.29 is 14.2 Å². The summed E-state index contributed by atoms with van der Waals surface area (Å²) in [4.78, 5) is 13.0. The highest BCUT2D eigenvalue weighted by Crippen LogP contribution is 2.45. The number of halogens is 1. The fourth-order valence-corrected chi connectivity index (χ4v) is 3.80. The van der Waals surface area contributed by atoms with Crippen LogP contribution in [0.5, 0.6) is 17.2 Å². The number of aryl methyl sites for hydroxylation is 1. The molecule has 3 rings (SSSR count). The first-order valence-electron chi connectivity index (χ1n) is 8.03. The van der Waals surface area contributed by atoms with Crippen LogP contribution >= 0.6 is 15.9 Å². The summed E-state index contributed by atoms with van der Waals surface area (Å²) in [6.45, 7) is 1.80. The van der Waals surface area contributed by atoms with E-state index < -0.39 is 5.92 Å². The zero-order valence-electron chi connectivity index (χ0n) is 15.3. The number of rotatable bonds is 3. The van der Waals surface area contributed by atoms with Crippen molar-refractivity contribution in [2.45, 2.75) is 12.8 Å². The second kappa shape index (κ2) is 7.00. The number of benzene rings is 1. The summed E-state index contributed by atoms with van der Waals surface area (Å²) in [7, 11) is 4.72. The first kappa shape index (κ1) is 18.9. The maximum Gasteiger partial charge on any atom is 0.258 e. The van der Waals surface area contributed by atoms with Crippen molar-refractivity contribution in [2.75, 3.05) is 14.2 Å². The summed E-state index contributed by atoms with van der Waals surface area (Å²) >= 11 is 3.46. The van der Waals surface area contributed by atoms with Crippen molar-refractivity contribution in [3.05, 3.63) is 61.3 Å². The van der Waals surface area contributed by atoms with Crippen LogP contribution in [0.25, 0.3) is 0 Å². The molecular formula is C19H18BrN3O4. The second-order valence-electron chi connectivity index (χ2n) is 6.09. The Balaban J connectivity index is 2.36. The molecule has 1 aromatic carbocycles. The van der Waals surface area contributed by atoms with E-state index in [0.717, 1.165) is 5.69 Å². The van der Waals surface area contributed by atoms with Gasteiger partial charge in [-0.2, -0.15) is 5.26 Å². The SMILES string of the molecule is COc1cc([C@@H]2C(C#N)=C(N)Oc3cc(C)n(C)c(=O)c32)cc(Br)c1OC.